The Morgan fingerprint density at radius 1 is 1.21 bits per heavy atom. The lowest BCUT2D eigenvalue weighted by Crippen LogP contribution is -2.33. The maximum Gasteiger partial charge on any atom is 0.329 e. The Kier molecular flexibility index (Phi) is 6.27. The number of benzene rings is 1. The Labute approximate surface area is 168 Å². The molecule has 0 aliphatic carbocycles. The molecule has 2 aromatic heterocycles. The van der Waals surface area contributed by atoms with Gasteiger partial charge in [0.25, 0.3) is 5.56 Å². The van der Waals surface area contributed by atoms with Crippen molar-refractivity contribution in [3.05, 3.63) is 89.9 Å². The van der Waals surface area contributed by atoms with Gasteiger partial charge in [-0.2, -0.15) is 0 Å². The van der Waals surface area contributed by atoms with Crippen molar-refractivity contribution >= 4 is 34.2 Å². The van der Waals surface area contributed by atoms with Crippen LogP contribution in [-0.4, -0.2) is 14.5 Å². The van der Waals surface area contributed by atoms with Crippen molar-refractivity contribution < 1.29 is 4.92 Å². The van der Waals surface area contributed by atoms with Gasteiger partial charge in [-0.1, -0.05) is 54.3 Å². The lowest BCUT2D eigenvalue weighted by molar-refractivity contribution is -0.380. The van der Waals surface area contributed by atoms with Gasteiger partial charge in [-0.3, -0.25) is 24.5 Å². The molecule has 0 aliphatic heterocycles. The highest BCUT2D eigenvalue weighted by Crippen LogP contribution is 2.29. The number of aromatic amines is 1. The molecular weight excluding hydrogens is 398 g/mol. The number of H-pyrrole nitrogens is 1. The molecule has 0 radical (unpaired) electrons. The minimum Gasteiger partial charge on any atom is -0.284 e. The van der Waals surface area contributed by atoms with Crippen LogP contribution in [0.3, 0.4) is 0 Å². The third kappa shape index (κ3) is 4.49. The van der Waals surface area contributed by atoms with Crippen molar-refractivity contribution in [3.8, 4) is 0 Å². The number of nitro groups is 1. The van der Waals surface area contributed by atoms with Crippen LogP contribution in [-0.2, 0) is 13.0 Å². The van der Waals surface area contributed by atoms with Crippen LogP contribution in [0.25, 0.3) is 6.08 Å². The number of aromatic nitrogens is 2. The van der Waals surface area contributed by atoms with Gasteiger partial charge in [0.2, 0.25) is 0 Å². The van der Waals surface area contributed by atoms with Crippen molar-refractivity contribution in [2.24, 2.45) is 0 Å². The second kappa shape index (κ2) is 8.85. The van der Waals surface area contributed by atoms with E-state index in [9.17, 15) is 19.7 Å². The SMILES string of the molecule is CCc1c(Sc2ccccc2)n(C/C=C/c2ccc([N+](=O)[O-])s2)c(=O)[nH]c1=O. The molecule has 3 rings (SSSR count). The first-order chi connectivity index (χ1) is 13.5. The molecular formula is C19H17N3O4S2. The van der Waals surface area contributed by atoms with Crippen LogP contribution in [0.5, 0.6) is 0 Å². The van der Waals surface area contributed by atoms with Gasteiger partial charge in [0.05, 0.1) is 9.95 Å². The molecule has 0 unspecified atom stereocenters. The van der Waals surface area contributed by atoms with Gasteiger partial charge in [-0.05, 0) is 30.7 Å². The summed E-state index contributed by atoms with van der Waals surface area (Å²) in [6, 6.07) is 12.6. The van der Waals surface area contributed by atoms with E-state index in [1.807, 2.05) is 37.3 Å². The van der Waals surface area contributed by atoms with E-state index in [4.69, 9.17) is 0 Å². The van der Waals surface area contributed by atoms with E-state index in [0.29, 0.717) is 17.0 Å². The second-order valence-electron chi connectivity index (χ2n) is 5.76. The van der Waals surface area contributed by atoms with E-state index >= 15 is 0 Å². The summed E-state index contributed by atoms with van der Waals surface area (Å²) in [6.07, 6.45) is 3.98. The van der Waals surface area contributed by atoms with Gasteiger partial charge in [-0.25, -0.2) is 4.79 Å². The molecule has 28 heavy (non-hydrogen) atoms. The summed E-state index contributed by atoms with van der Waals surface area (Å²) in [5.41, 5.74) is -0.309. The van der Waals surface area contributed by atoms with Gasteiger partial charge < -0.3 is 0 Å². The average molecular weight is 415 g/mol. The molecule has 0 spiro atoms. The highest BCUT2D eigenvalue weighted by atomic mass is 32.2. The fourth-order valence-corrected chi connectivity index (χ4v) is 4.49. The molecule has 144 valence electrons. The Balaban J connectivity index is 1.94. The lowest BCUT2D eigenvalue weighted by atomic mass is 10.2. The summed E-state index contributed by atoms with van der Waals surface area (Å²) in [5, 5.41) is 11.5. The standard InChI is InChI=1S/C19H17N3O4S2/c1-2-15-17(23)20-19(24)21(18(15)28-13-7-4-3-5-8-13)12-6-9-14-10-11-16(27-14)22(25)26/h3-11H,2,12H2,1H3,(H,20,23,24)/b9-6+. The van der Waals surface area contributed by atoms with Gasteiger partial charge in [0.1, 0.15) is 0 Å². The lowest BCUT2D eigenvalue weighted by Gasteiger charge is -2.13. The molecule has 7 nitrogen and oxygen atoms in total. The quantitative estimate of drug-likeness (QED) is 0.358. The molecule has 0 aliphatic rings. The molecule has 2 heterocycles. The van der Waals surface area contributed by atoms with Gasteiger partial charge in [0.15, 0.2) is 0 Å². The number of hydrogen-bond donors (Lipinski definition) is 1. The van der Waals surface area contributed by atoms with E-state index in [2.05, 4.69) is 4.98 Å². The predicted molar refractivity (Wildman–Crippen MR) is 111 cm³/mol. The second-order valence-corrected chi connectivity index (χ2v) is 7.91. The van der Waals surface area contributed by atoms with Crippen molar-refractivity contribution in [2.75, 3.05) is 0 Å². The van der Waals surface area contributed by atoms with Crippen molar-refractivity contribution in [1.29, 1.82) is 0 Å². The molecule has 0 fully saturated rings. The maximum absolute atomic E-state index is 12.4. The Hall–Kier alpha value is -2.91. The average Bonchev–Trinajstić information content (AvgIpc) is 3.14. The number of nitrogens with zero attached hydrogens (tertiary/aromatic N) is 2. The molecule has 0 amide bonds. The molecule has 9 heteroatoms. The molecule has 0 saturated heterocycles. The highest BCUT2D eigenvalue weighted by molar-refractivity contribution is 7.99. The highest BCUT2D eigenvalue weighted by Gasteiger charge is 2.14. The predicted octanol–water partition coefficient (Wildman–Crippen LogP) is 3.93. The molecule has 0 atom stereocenters. The van der Waals surface area contributed by atoms with Crippen molar-refractivity contribution in [2.45, 2.75) is 29.8 Å². The zero-order chi connectivity index (χ0) is 20.1. The van der Waals surface area contributed by atoms with Crippen LogP contribution < -0.4 is 11.2 Å². The van der Waals surface area contributed by atoms with Crippen LogP contribution in [0.4, 0.5) is 5.00 Å². The summed E-state index contributed by atoms with van der Waals surface area (Å²) in [4.78, 5) is 39.0. The maximum atomic E-state index is 12.4. The van der Waals surface area contributed by atoms with Crippen molar-refractivity contribution in [3.63, 3.8) is 0 Å². The Morgan fingerprint density at radius 2 is 1.96 bits per heavy atom. The molecule has 1 N–H and O–H groups in total. The Morgan fingerprint density at radius 3 is 2.61 bits per heavy atom. The number of hydrogen-bond acceptors (Lipinski definition) is 6. The first kappa shape index (κ1) is 19.8. The van der Waals surface area contributed by atoms with Crippen LogP contribution in [0.2, 0.25) is 0 Å². The topological polar surface area (TPSA) is 98.0 Å². The van der Waals surface area contributed by atoms with Gasteiger partial charge >= 0.3 is 10.7 Å². The van der Waals surface area contributed by atoms with Gasteiger partial charge in [0, 0.05) is 27.9 Å². The molecule has 1 aromatic carbocycles. The zero-order valence-corrected chi connectivity index (χ0v) is 16.6. The van der Waals surface area contributed by atoms with E-state index in [-0.39, 0.29) is 17.1 Å². The zero-order valence-electron chi connectivity index (χ0n) is 15.0. The fourth-order valence-electron chi connectivity index (χ4n) is 2.59. The third-order valence-electron chi connectivity index (χ3n) is 3.92. The summed E-state index contributed by atoms with van der Waals surface area (Å²) < 4.78 is 1.51. The Bertz CT molecular complexity index is 1130. The van der Waals surface area contributed by atoms with E-state index in [1.54, 1.807) is 18.2 Å². The fraction of sp³-hybridized carbons (Fsp3) is 0.158. The molecule has 0 saturated carbocycles. The number of allylic oxidation sites excluding steroid dienone is 1. The van der Waals surface area contributed by atoms with E-state index in [0.717, 1.165) is 21.1 Å². The number of thiophene rings is 1. The number of rotatable bonds is 7. The minimum atomic E-state index is -0.484. The first-order valence-corrected chi connectivity index (χ1v) is 10.1. The van der Waals surface area contributed by atoms with E-state index < -0.39 is 10.6 Å². The monoisotopic (exact) mass is 415 g/mol. The van der Waals surface area contributed by atoms with Crippen LogP contribution in [0, 0.1) is 10.1 Å². The van der Waals surface area contributed by atoms with E-state index in [1.165, 1.54) is 22.4 Å². The number of nitrogens with one attached hydrogen (secondary N) is 1. The molecule has 3 aromatic rings. The smallest absolute Gasteiger partial charge is 0.284 e. The summed E-state index contributed by atoms with van der Waals surface area (Å²) >= 11 is 2.43. The van der Waals surface area contributed by atoms with Crippen LogP contribution in [0.1, 0.15) is 17.4 Å². The summed E-state index contributed by atoms with van der Waals surface area (Å²) in [7, 11) is 0. The minimum absolute atomic E-state index is 0.0643. The largest absolute Gasteiger partial charge is 0.329 e. The first-order valence-electron chi connectivity index (χ1n) is 8.49. The van der Waals surface area contributed by atoms with Crippen LogP contribution in [0.15, 0.2) is 68.1 Å². The van der Waals surface area contributed by atoms with Crippen LogP contribution >= 0.6 is 23.1 Å². The normalized spacial score (nSPS) is 11.2. The molecule has 0 bridgehead atoms. The third-order valence-corrected chi connectivity index (χ3v) is 6.09. The summed E-state index contributed by atoms with van der Waals surface area (Å²) in [5.74, 6) is 0. The van der Waals surface area contributed by atoms with Crippen molar-refractivity contribution in [1.82, 2.24) is 9.55 Å². The summed E-state index contributed by atoms with van der Waals surface area (Å²) in [6.45, 7) is 2.11. The van der Waals surface area contributed by atoms with Gasteiger partial charge in [-0.15, -0.1) is 0 Å².